The molecule has 27 heavy (non-hydrogen) atoms. The monoisotopic (exact) mass is 417 g/mol. The van der Waals surface area contributed by atoms with Crippen LogP contribution in [0.1, 0.15) is 0 Å². The lowest BCUT2D eigenvalue weighted by Crippen LogP contribution is -2.19. The molecule has 0 radical (unpaired) electrons. The van der Waals surface area contributed by atoms with Crippen molar-refractivity contribution < 1.29 is 8.42 Å². The molecule has 0 aliphatic rings. The van der Waals surface area contributed by atoms with Crippen molar-refractivity contribution in [2.45, 2.75) is 4.90 Å². The van der Waals surface area contributed by atoms with Gasteiger partial charge in [0, 0.05) is 16.4 Å². The topological polar surface area (TPSA) is 70.2 Å². The van der Waals surface area contributed by atoms with Crippen LogP contribution in [0.5, 0.6) is 0 Å². The fourth-order valence-electron chi connectivity index (χ4n) is 2.30. The van der Waals surface area contributed by atoms with E-state index in [1.807, 2.05) is 30.3 Å². The van der Waals surface area contributed by atoms with Crippen molar-refractivity contribution in [3.05, 3.63) is 83.9 Å². The summed E-state index contributed by atoms with van der Waals surface area (Å²) in [6, 6.07) is 22.3. The van der Waals surface area contributed by atoms with Crippen LogP contribution in [-0.4, -0.2) is 13.5 Å². The second-order valence-electron chi connectivity index (χ2n) is 5.59. The number of thiocarbonyl (C=S) groups is 1. The van der Waals surface area contributed by atoms with Crippen molar-refractivity contribution in [2.24, 2.45) is 0 Å². The number of anilines is 3. The molecule has 8 heteroatoms. The van der Waals surface area contributed by atoms with Crippen LogP contribution in [-0.2, 0) is 10.0 Å². The van der Waals surface area contributed by atoms with Crippen molar-refractivity contribution in [3.8, 4) is 0 Å². The SMILES string of the molecule is O=S(=O)(Nc1cccc(Cl)c1)c1ccc(NC(=S)Nc2ccccc2)cc1. The molecule has 0 unspecified atom stereocenters. The second kappa shape index (κ2) is 8.39. The smallest absolute Gasteiger partial charge is 0.261 e. The zero-order valence-electron chi connectivity index (χ0n) is 14.0. The van der Waals surface area contributed by atoms with Gasteiger partial charge >= 0.3 is 0 Å². The molecule has 0 aromatic heterocycles. The highest BCUT2D eigenvalue weighted by atomic mass is 35.5. The Bertz CT molecular complexity index is 1040. The largest absolute Gasteiger partial charge is 0.332 e. The summed E-state index contributed by atoms with van der Waals surface area (Å²) in [6.45, 7) is 0. The van der Waals surface area contributed by atoms with E-state index in [2.05, 4.69) is 15.4 Å². The predicted molar refractivity (Wildman–Crippen MR) is 115 cm³/mol. The third kappa shape index (κ3) is 5.43. The summed E-state index contributed by atoms with van der Waals surface area (Å²) < 4.78 is 27.4. The fraction of sp³-hybridized carbons (Fsp3) is 0. The molecule has 0 aliphatic heterocycles. The molecule has 138 valence electrons. The highest BCUT2D eigenvalue weighted by Crippen LogP contribution is 2.21. The molecule has 0 aliphatic carbocycles. The van der Waals surface area contributed by atoms with Crippen molar-refractivity contribution >= 4 is 56.0 Å². The summed E-state index contributed by atoms with van der Waals surface area (Å²) in [5, 5.41) is 6.93. The van der Waals surface area contributed by atoms with Gasteiger partial charge in [0.05, 0.1) is 10.6 Å². The lowest BCUT2D eigenvalue weighted by Gasteiger charge is -2.12. The van der Waals surface area contributed by atoms with Gasteiger partial charge in [-0.15, -0.1) is 0 Å². The Kier molecular flexibility index (Phi) is 5.95. The van der Waals surface area contributed by atoms with E-state index < -0.39 is 10.0 Å². The van der Waals surface area contributed by atoms with E-state index in [1.165, 1.54) is 12.1 Å². The first-order chi connectivity index (χ1) is 12.9. The Hall–Kier alpha value is -2.61. The van der Waals surface area contributed by atoms with Gasteiger partial charge in [-0.1, -0.05) is 35.9 Å². The zero-order valence-corrected chi connectivity index (χ0v) is 16.4. The number of hydrogen-bond donors (Lipinski definition) is 3. The molecular formula is C19H16ClN3O2S2. The first-order valence-electron chi connectivity index (χ1n) is 7.94. The van der Waals surface area contributed by atoms with E-state index in [1.54, 1.807) is 36.4 Å². The Morgan fingerprint density at radius 2 is 1.37 bits per heavy atom. The number of sulfonamides is 1. The molecule has 0 saturated carbocycles. The average Bonchev–Trinajstić information content (AvgIpc) is 2.62. The maximum atomic E-state index is 12.5. The Labute approximate surface area is 168 Å². The molecule has 0 bridgehead atoms. The van der Waals surface area contributed by atoms with Crippen molar-refractivity contribution in [2.75, 3.05) is 15.4 Å². The number of halogens is 1. The molecular weight excluding hydrogens is 402 g/mol. The number of para-hydroxylation sites is 1. The van der Waals surface area contributed by atoms with E-state index >= 15 is 0 Å². The van der Waals surface area contributed by atoms with Crippen molar-refractivity contribution in [1.82, 2.24) is 0 Å². The number of rotatable bonds is 5. The minimum Gasteiger partial charge on any atom is -0.332 e. The van der Waals surface area contributed by atoms with Crippen LogP contribution in [0.2, 0.25) is 5.02 Å². The molecule has 3 aromatic carbocycles. The summed E-state index contributed by atoms with van der Waals surface area (Å²) in [7, 11) is -3.71. The normalized spacial score (nSPS) is 10.9. The van der Waals surface area contributed by atoms with Crippen LogP contribution in [0.4, 0.5) is 17.1 Å². The molecule has 3 rings (SSSR count). The average molecular weight is 418 g/mol. The van der Waals surface area contributed by atoms with Gasteiger partial charge < -0.3 is 10.6 Å². The summed E-state index contributed by atoms with van der Waals surface area (Å²) in [5.74, 6) is 0. The number of hydrogen-bond acceptors (Lipinski definition) is 3. The molecule has 0 atom stereocenters. The van der Waals surface area contributed by atoms with E-state index in [0.29, 0.717) is 21.5 Å². The minimum absolute atomic E-state index is 0.134. The third-order valence-electron chi connectivity index (χ3n) is 3.53. The molecule has 3 N–H and O–H groups in total. The predicted octanol–water partition coefficient (Wildman–Crippen LogP) is 4.95. The highest BCUT2D eigenvalue weighted by Gasteiger charge is 2.14. The maximum absolute atomic E-state index is 12.5. The van der Waals surface area contributed by atoms with Gasteiger partial charge in [0.25, 0.3) is 10.0 Å². The minimum atomic E-state index is -3.71. The maximum Gasteiger partial charge on any atom is 0.261 e. The zero-order chi connectivity index (χ0) is 19.3. The van der Waals surface area contributed by atoms with Crippen LogP contribution in [0.3, 0.4) is 0 Å². The van der Waals surface area contributed by atoms with Crippen LogP contribution in [0.15, 0.2) is 83.8 Å². The van der Waals surface area contributed by atoms with Crippen molar-refractivity contribution in [3.63, 3.8) is 0 Å². The Morgan fingerprint density at radius 3 is 2.00 bits per heavy atom. The highest BCUT2D eigenvalue weighted by molar-refractivity contribution is 7.92. The van der Waals surface area contributed by atoms with Gasteiger partial charge in [-0.3, -0.25) is 4.72 Å². The van der Waals surface area contributed by atoms with Gasteiger partial charge in [-0.05, 0) is 66.8 Å². The van der Waals surface area contributed by atoms with Crippen LogP contribution in [0, 0.1) is 0 Å². The van der Waals surface area contributed by atoms with E-state index in [4.69, 9.17) is 23.8 Å². The lowest BCUT2D eigenvalue weighted by atomic mass is 10.3. The number of nitrogens with one attached hydrogen (secondary N) is 3. The second-order valence-corrected chi connectivity index (χ2v) is 8.11. The van der Waals surface area contributed by atoms with E-state index in [9.17, 15) is 8.42 Å². The lowest BCUT2D eigenvalue weighted by molar-refractivity contribution is 0.601. The summed E-state index contributed by atoms with van der Waals surface area (Å²) in [6.07, 6.45) is 0. The first kappa shape index (κ1) is 19.2. The van der Waals surface area contributed by atoms with Gasteiger partial charge in [-0.2, -0.15) is 0 Å². The van der Waals surface area contributed by atoms with E-state index in [-0.39, 0.29) is 4.90 Å². The van der Waals surface area contributed by atoms with Crippen LogP contribution < -0.4 is 15.4 Å². The summed E-state index contributed by atoms with van der Waals surface area (Å²) >= 11 is 11.1. The summed E-state index contributed by atoms with van der Waals surface area (Å²) in [5.41, 5.74) is 1.93. The van der Waals surface area contributed by atoms with Crippen molar-refractivity contribution in [1.29, 1.82) is 0 Å². The molecule has 0 amide bonds. The van der Waals surface area contributed by atoms with Gasteiger partial charge in [-0.25, -0.2) is 8.42 Å². The Morgan fingerprint density at radius 1 is 0.778 bits per heavy atom. The summed E-state index contributed by atoms with van der Waals surface area (Å²) in [4.78, 5) is 0.134. The quantitative estimate of drug-likeness (QED) is 0.512. The molecule has 0 fully saturated rings. The van der Waals surface area contributed by atoms with Gasteiger partial charge in [0.15, 0.2) is 5.11 Å². The molecule has 3 aromatic rings. The Balaban J connectivity index is 1.66. The molecule has 0 saturated heterocycles. The number of benzene rings is 3. The van der Waals surface area contributed by atoms with Gasteiger partial charge in [0.1, 0.15) is 0 Å². The molecule has 5 nitrogen and oxygen atoms in total. The van der Waals surface area contributed by atoms with Gasteiger partial charge in [0.2, 0.25) is 0 Å². The van der Waals surface area contributed by atoms with E-state index in [0.717, 1.165) is 5.69 Å². The standard InChI is InChI=1S/C19H16ClN3O2S2/c20-14-5-4-8-17(13-14)23-27(24,25)18-11-9-16(10-12-18)22-19(26)21-15-6-2-1-3-7-15/h1-13,23H,(H2,21,22,26). The molecule has 0 heterocycles. The third-order valence-corrected chi connectivity index (χ3v) is 5.37. The fourth-order valence-corrected chi connectivity index (χ4v) is 3.77. The molecule has 0 spiro atoms. The van der Waals surface area contributed by atoms with Crippen LogP contribution >= 0.6 is 23.8 Å². The first-order valence-corrected chi connectivity index (χ1v) is 10.2. The van der Waals surface area contributed by atoms with Crippen LogP contribution in [0.25, 0.3) is 0 Å².